The molecule has 1 fully saturated rings. The van der Waals surface area contributed by atoms with Gasteiger partial charge in [-0.3, -0.25) is 4.98 Å². The molecule has 6 rings (SSSR count). The fourth-order valence-electron chi connectivity index (χ4n) is 4.71. The van der Waals surface area contributed by atoms with Crippen LogP contribution in [0, 0.1) is 0 Å². The average molecular weight is 493 g/mol. The fourth-order valence-corrected chi connectivity index (χ4v) is 4.71. The monoisotopic (exact) mass is 492 g/mol. The standard InChI is InChI=1S/C30H28N4O3/c1-2-5-22(6-3-1)26-27-29(32-19-25-7-4-17-35-25)33-20-34-30(27)37-28(26)23-8-10-24(11-9-23)36-18-14-21-12-15-31-16-13-21/h1-3,5-6,8-13,15-16,20,25H,4,7,14,17-19H2,(H,32,33,34). The molecule has 1 N–H and O–H groups in total. The number of nitrogens with zero attached hydrogens (tertiary/aromatic N) is 3. The van der Waals surface area contributed by atoms with Crippen LogP contribution in [0.25, 0.3) is 33.6 Å². The number of anilines is 1. The van der Waals surface area contributed by atoms with Gasteiger partial charge in [0.1, 0.15) is 23.7 Å². The number of pyridine rings is 1. The lowest BCUT2D eigenvalue weighted by Crippen LogP contribution is -2.19. The van der Waals surface area contributed by atoms with Gasteiger partial charge in [0.15, 0.2) is 0 Å². The molecule has 0 aliphatic carbocycles. The van der Waals surface area contributed by atoms with Gasteiger partial charge in [-0.1, -0.05) is 30.3 Å². The van der Waals surface area contributed by atoms with Crippen molar-refractivity contribution in [3.8, 4) is 28.2 Å². The zero-order valence-corrected chi connectivity index (χ0v) is 20.5. The minimum Gasteiger partial charge on any atom is -0.493 e. The molecule has 0 spiro atoms. The molecule has 186 valence electrons. The second-order valence-electron chi connectivity index (χ2n) is 9.07. The Hall–Kier alpha value is -4.23. The van der Waals surface area contributed by atoms with E-state index in [2.05, 4.69) is 32.4 Å². The number of furan rings is 1. The Morgan fingerprint density at radius 1 is 0.919 bits per heavy atom. The van der Waals surface area contributed by atoms with E-state index in [1.807, 2.05) is 54.6 Å². The van der Waals surface area contributed by atoms with Gasteiger partial charge in [-0.15, -0.1) is 0 Å². The molecule has 7 nitrogen and oxygen atoms in total. The van der Waals surface area contributed by atoms with Gasteiger partial charge >= 0.3 is 0 Å². The predicted molar refractivity (Wildman–Crippen MR) is 144 cm³/mol. The van der Waals surface area contributed by atoms with Crippen LogP contribution in [0.2, 0.25) is 0 Å². The molecule has 7 heteroatoms. The van der Waals surface area contributed by atoms with Crippen molar-refractivity contribution in [2.24, 2.45) is 0 Å². The van der Waals surface area contributed by atoms with E-state index in [0.29, 0.717) is 18.9 Å². The SMILES string of the molecule is c1ccc(-c2c(-c3ccc(OCCc4ccncc4)cc3)oc3ncnc(NCC4CCCO4)c23)cc1. The summed E-state index contributed by atoms with van der Waals surface area (Å²) < 4.78 is 18.1. The molecule has 0 radical (unpaired) electrons. The third-order valence-electron chi connectivity index (χ3n) is 6.60. The van der Waals surface area contributed by atoms with E-state index in [4.69, 9.17) is 13.9 Å². The molecule has 1 saturated heterocycles. The maximum Gasteiger partial charge on any atom is 0.232 e. The first kappa shape index (κ1) is 23.2. The molecule has 0 saturated carbocycles. The van der Waals surface area contributed by atoms with E-state index in [9.17, 15) is 0 Å². The molecule has 3 aromatic heterocycles. The van der Waals surface area contributed by atoms with Gasteiger partial charge in [0.05, 0.1) is 18.1 Å². The minimum atomic E-state index is 0.197. The molecule has 1 aliphatic rings. The summed E-state index contributed by atoms with van der Waals surface area (Å²) in [7, 11) is 0. The summed E-state index contributed by atoms with van der Waals surface area (Å²) in [6.45, 7) is 2.12. The largest absolute Gasteiger partial charge is 0.493 e. The molecule has 2 aromatic carbocycles. The highest BCUT2D eigenvalue weighted by Crippen LogP contribution is 2.42. The predicted octanol–water partition coefficient (Wildman–Crippen LogP) is 6.16. The van der Waals surface area contributed by atoms with Gasteiger partial charge in [0.2, 0.25) is 5.71 Å². The molecule has 1 unspecified atom stereocenters. The van der Waals surface area contributed by atoms with Crippen molar-refractivity contribution in [3.05, 3.63) is 91.0 Å². The van der Waals surface area contributed by atoms with Crippen molar-refractivity contribution < 1.29 is 13.9 Å². The van der Waals surface area contributed by atoms with Crippen molar-refractivity contribution in [2.75, 3.05) is 25.1 Å². The van der Waals surface area contributed by atoms with Crippen molar-refractivity contribution in [1.29, 1.82) is 0 Å². The minimum absolute atomic E-state index is 0.197. The number of rotatable bonds is 9. The van der Waals surface area contributed by atoms with Gasteiger partial charge in [-0.2, -0.15) is 0 Å². The third-order valence-corrected chi connectivity index (χ3v) is 6.60. The summed E-state index contributed by atoms with van der Waals surface area (Å²) in [5.74, 6) is 2.32. The lowest BCUT2D eigenvalue weighted by molar-refractivity contribution is 0.120. The highest BCUT2D eigenvalue weighted by Gasteiger charge is 2.23. The van der Waals surface area contributed by atoms with Crippen LogP contribution < -0.4 is 10.1 Å². The van der Waals surface area contributed by atoms with Crippen LogP contribution in [-0.4, -0.2) is 40.8 Å². The van der Waals surface area contributed by atoms with Gasteiger partial charge in [-0.05, 0) is 60.4 Å². The molecule has 4 heterocycles. The summed E-state index contributed by atoms with van der Waals surface area (Å²) in [4.78, 5) is 13.1. The number of benzene rings is 2. The lowest BCUT2D eigenvalue weighted by atomic mass is 9.99. The molecule has 0 bridgehead atoms. The number of fused-ring (bicyclic) bond motifs is 1. The van der Waals surface area contributed by atoms with Crippen molar-refractivity contribution in [3.63, 3.8) is 0 Å². The van der Waals surface area contributed by atoms with Crippen molar-refractivity contribution in [1.82, 2.24) is 15.0 Å². The van der Waals surface area contributed by atoms with E-state index >= 15 is 0 Å². The molecule has 1 aliphatic heterocycles. The average Bonchev–Trinajstić information content (AvgIpc) is 3.62. The second kappa shape index (κ2) is 10.8. The number of hydrogen-bond donors (Lipinski definition) is 1. The van der Waals surface area contributed by atoms with E-state index < -0.39 is 0 Å². The number of hydrogen-bond acceptors (Lipinski definition) is 7. The molecular weight excluding hydrogens is 464 g/mol. The van der Waals surface area contributed by atoms with Crippen LogP contribution in [0.3, 0.4) is 0 Å². The van der Waals surface area contributed by atoms with Gasteiger partial charge in [-0.25, -0.2) is 9.97 Å². The zero-order chi connectivity index (χ0) is 24.9. The fraction of sp³-hybridized carbons (Fsp3) is 0.233. The Kier molecular flexibility index (Phi) is 6.77. The van der Waals surface area contributed by atoms with Crippen molar-refractivity contribution >= 4 is 16.9 Å². The lowest BCUT2D eigenvalue weighted by Gasteiger charge is -2.12. The van der Waals surface area contributed by atoms with Crippen LogP contribution in [0.5, 0.6) is 5.75 Å². The quantitative estimate of drug-likeness (QED) is 0.264. The molecule has 37 heavy (non-hydrogen) atoms. The summed E-state index contributed by atoms with van der Waals surface area (Å²) >= 11 is 0. The van der Waals surface area contributed by atoms with Gasteiger partial charge < -0.3 is 19.2 Å². The zero-order valence-electron chi connectivity index (χ0n) is 20.5. The Bertz CT molecular complexity index is 1450. The molecular formula is C30H28N4O3. The molecule has 0 amide bonds. The topological polar surface area (TPSA) is 82.3 Å². The summed E-state index contributed by atoms with van der Waals surface area (Å²) in [6, 6.07) is 22.3. The van der Waals surface area contributed by atoms with E-state index in [1.54, 1.807) is 18.7 Å². The number of aromatic nitrogens is 3. The normalized spacial score (nSPS) is 15.2. The Morgan fingerprint density at radius 3 is 2.54 bits per heavy atom. The number of ether oxygens (including phenoxy) is 2. The van der Waals surface area contributed by atoms with E-state index in [-0.39, 0.29) is 6.10 Å². The Labute approximate surface area is 215 Å². The van der Waals surface area contributed by atoms with Crippen LogP contribution in [0.1, 0.15) is 18.4 Å². The second-order valence-corrected chi connectivity index (χ2v) is 9.07. The number of nitrogens with one attached hydrogen (secondary N) is 1. The first-order chi connectivity index (χ1) is 18.3. The summed E-state index contributed by atoms with van der Waals surface area (Å²) in [5.41, 5.74) is 4.72. The first-order valence-corrected chi connectivity index (χ1v) is 12.7. The van der Waals surface area contributed by atoms with Crippen LogP contribution >= 0.6 is 0 Å². The maximum absolute atomic E-state index is 6.36. The summed E-state index contributed by atoms with van der Waals surface area (Å²) in [6.07, 6.45) is 8.32. The van der Waals surface area contributed by atoms with E-state index in [0.717, 1.165) is 65.3 Å². The van der Waals surface area contributed by atoms with Gasteiger partial charge in [0.25, 0.3) is 0 Å². The summed E-state index contributed by atoms with van der Waals surface area (Å²) in [5, 5.41) is 4.36. The Morgan fingerprint density at radius 2 is 1.76 bits per heavy atom. The third kappa shape index (κ3) is 5.17. The highest BCUT2D eigenvalue weighted by atomic mass is 16.5. The maximum atomic E-state index is 6.36. The van der Waals surface area contributed by atoms with Crippen LogP contribution in [0.4, 0.5) is 5.82 Å². The van der Waals surface area contributed by atoms with E-state index in [1.165, 1.54) is 5.56 Å². The van der Waals surface area contributed by atoms with Crippen LogP contribution in [-0.2, 0) is 11.2 Å². The van der Waals surface area contributed by atoms with Crippen molar-refractivity contribution in [2.45, 2.75) is 25.4 Å². The van der Waals surface area contributed by atoms with Gasteiger partial charge in [0, 0.05) is 43.1 Å². The first-order valence-electron chi connectivity index (χ1n) is 12.7. The highest BCUT2D eigenvalue weighted by molar-refractivity contribution is 6.05. The molecule has 5 aromatic rings. The van der Waals surface area contributed by atoms with Crippen LogP contribution in [0.15, 0.2) is 89.9 Å². The smallest absolute Gasteiger partial charge is 0.232 e. The molecule has 1 atom stereocenters. The Balaban J connectivity index is 1.30.